The van der Waals surface area contributed by atoms with E-state index in [1.807, 2.05) is 11.5 Å². The number of anilines is 1. The minimum absolute atomic E-state index is 0.00789. The van der Waals surface area contributed by atoms with Crippen LogP contribution in [-0.4, -0.2) is 40.3 Å². The predicted octanol–water partition coefficient (Wildman–Crippen LogP) is 4.59. The number of aryl methyl sites for hydroxylation is 2. The van der Waals surface area contributed by atoms with Crippen LogP contribution < -0.4 is 5.32 Å². The second kappa shape index (κ2) is 8.49. The molecule has 0 saturated carbocycles. The maximum absolute atomic E-state index is 13.0. The Kier molecular flexibility index (Phi) is 5.51. The molecule has 1 aromatic carbocycles. The SMILES string of the molecule is CCn1c(-c2ccc(C(F)F)cc2)nc2c(NC3CCc4nnc(C(C)C)n4C3)ncnc21. The van der Waals surface area contributed by atoms with Gasteiger partial charge in [-0.3, -0.25) is 0 Å². The quantitative estimate of drug-likeness (QED) is 0.460. The van der Waals surface area contributed by atoms with Crippen molar-refractivity contribution < 1.29 is 8.78 Å². The lowest BCUT2D eigenvalue weighted by molar-refractivity contribution is 0.151. The fraction of sp³-hybridized carbons (Fsp3) is 0.435. The third-order valence-corrected chi connectivity index (χ3v) is 6.10. The number of halogens is 2. The number of imidazole rings is 1. The average molecular weight is 453 g/mol. The van der Waals surface area contributed by atoms with Crippen molar-refractivity contribution in [1.82, 2.24) is 34.3 Å². The first-order valence-electron chi connectivity index (χ1n) is 11.2. The van der Waals surface area contributed by atoms with Gasteiger partial charge in [-0.2, -0.15) is 0 Å². The topological polar surface area (TPSA) is 86.3 Å². The van der Waals surface area contributed by atoms with E-state index in [2.05, 4.69) is 43.9 Å². The molecule has 0 amide bonds. The number of nitrogens with one attached hydrogen (secondary N) is 1. The molecule has 1 aliphatic rings. The lowest BCUT2D eigenvalue weighted by Crippen LogP contribution is -2.32. The molecule has 0 fully saturated rings. The van der Waals surface area contributed by atoms with E-state index in [0.717, 1.165) is 36.6 Å². The number of hydrogen-bond donors (Lipinski definition) is 1. The molecule has 10 heteroatoms. The molecule has 8 nitrogen and oxygen atoms in total. The zero-order chi connectivity index (χ0) is 23.1. The van der Waals surface area contributed by atoms with Crippen LogP contribution in [0.3, 0.4) is 0 Å². The number of rotatable bonds is 6. The van der Waals surface area contributed by atoms with Gasteiger partial charge in [0.25, 0.3) is 6.43 Å². The Morgan fingerprint density at radius 3 is 2.61 bits per heavy atom. The number of hydrogen-bond acceptors (Lipinski definition) is 6. The van der Waals surface area contributed by atoms with Gasteiger partial charge in [0.05, 0.1) is 0 Å². The molecular formula is C23H26F2N8. The van der Waals surface area contributed by atoms with Crippen LogP contribution in [0.25, 0.3) is 22.6 Å². The van der Waals surface area contributed by atoms with Crippen molar-refractivity contribution >= 4 is 17.0 Å². The van der Waals surface area contributed by atoms with Crippen LogP contribution >= 0.6 is 0 Å². The number of benzene rings is 1. The Labute approximate surface area is 190 Å². The molecular weight excluding hydrogens is 426 g/mol. The van der Waals surface area contributed by atoms with Gasteiger partial charge in [0.2, 0.25) is 0 Å². The minimum atomic E-state index is -2.50. The van der Waals surface area contributed by atoms with Gasteiger partial charge in [0.1, 0.15) is 23.8 Å². The number of fused-ring (bicyclic) bond motifs is 2. The van der Waals surface area contributed by atoms with Crippen molar-refractivity contribution in [1.29, 1.82) is 0 Å². The fourth-order valence-electron chi connectivity index (χ4n) is 4.43. The molecule has 3 aromatic heterocycles. The average Bonchev–Trinajstić information content (AvgIpc) is 3.41. The van der Waals surface area contributed by atoms with E-state index in [-0.39, 0.29) is 11.6 Å². The summed E-state index contributed by atoms with van der Waals surface area (Å²) in [6.07, 6.45) is 0.799. The first-order valence-corrected chi connectivity index (χ1v) is 11.2. The van der Waals surface area contributed by atoms with E-state index in [1.54, 1.807) is 12.1 Å². The predicted molar refractivity (Wildman–Crippen MR) is 121 cm³/mol. The van der Waals surface area contributed by atoms with Crippen molar-refractivity contribution in [3.63, 3.8) is 0 Å². The Morgan fingerprint density at radius 2 is 1.91 bits per heavy atom. The normalized spacial score (nSPS) is 16.0. The van der Waals surface area contributed by atoms with Crippen LogP contribution in [0.15, 0.2) is 30.6 Å². The van der Waals surface area contributed by atoms with Gasteiger partial charge in [-0.1, -0.05) is 38.1 Å². The molecule has 33 heavy (non-hydrogen) atoms. The van der Waals surface area contributed by atoms with Crippen LogP contribution in [0, 0.1) is 0 Å². The summed E-state index contributed by atoms with van der Waals surface area (Å²) in [7, 11) is 0. The lowest BCUT2D eigenvalue weighted by Gasteiger charge is -2.26. The molecule has 0 bridgehead atoms. The van der Waals surface area contributed by atoms with E-state index in [9.17, 15) is 8.78 Å². The molecule has 5 rings (SSSR count). The van der Waals surface area contributed by atoms with Crippen molar-refractivity contribution in [2.24, 2.45) is 0 Å². The summed E-state index contributed by atoms with van der Waals surface area (Å²) >= 11 is 0. The summed E-state index contributed by atoms with van der Waals surface area (Å²) in [6.45, 7) is 7.65. The maximum Gasteiger partial charge on any atom is 0.263 e. The first-order chi connectivity index (χ1) is 16.0. The van der Waals surface area contributed by atoms with Crippen LogP contribution in [-0.2, 0) is 19.5 Å². The van der Waals surface area contributed by atoms with Crippen LogP contribution in [0.1, 0.15) is 56.7 Å². The molecule has 1 aliphatic heterocycles. The summed E-state index contributed by atoms with van der Waals surface area (Å²) in [5.41, 5.74) is 2.14. The molecule has 1 N–H and O–H groups in total. The van der Waals surface area contributed by atoms with Crippen molar-refractivity contribution in [2.75, 3.05) is 5.32 Å². The van der Waals surface area contributed by atoms with E-state index >= 15 is 0 Å². The van der Waals surface area contributed by atoms with Crippen LogP contribution in [0.2, 0.25) is 0 Å². The fourth-order valence-corrected chi connectivity index (χ4v) is 4.43. The highest BCUT2D eigenvalue weighted by atomic mass is 19.3. The second-order valence-electron chi connectivity index (χ2n) is 8.62. The molecule has 0 saturated heterocycles. The summed E-state index contributed by atoms with van der Waals surface area (Å²) < 4.78 is 30.1. The summed E-state index contributed by atoms with van der Waals surface area (Å²) in [4.78, 5) is 13.8. The van der Waals surface area contributed by atoms with Gasteiger partial charge in [-0.05, 0) is 13.3 Å². The molecule has 4 heterocycles. The molecule has 1 unspecified atom stereocenters. The Bertz CT molecular complexity index is 1280. The monoisotopic (exact) mass is 452 g/mol. The molecule has 0 spiro atoms. The third-order valence-electron chi connectivity index (χ3n) is 6.10. The Balaban J connectivity index is 1.48. The van der Waals surface area contributed by atoms with E-state index in [4.69, 9.17) is 4.98 Å². The highest BCUT2D eigenvalue weighted by Gasteiger charge is 2.25. The molecule has 172 valence electrons. The third kappa shape index (κ3) is 3.83. The molecule has 1 atom stereocenters. The van der Waals surface area contributed by atoms with Gasteiger partial charge in [-0.25, -0.2) is 23.7 Å². The molecule has 0 radical (unpaired) electrons. The van der Waals surface area contributed by atoms with Gasteiger partial charge in [0.15, 0.2) is 17.0 Å². The van der Waals surface area contributed by atoms with Crippen LogP contribution in [0.5, 0.6) is 0 Å². The summed E-state index contributed by atoms with van der Waals surface area (Å²) in [5.74, 6) is 3.67. The highest BCUT2D eigenvalue weighted by molar-refractivity contribution is 5.86. The van der Waals surface area contributed by atoms with Gasteiger partial charge < -0.3 is 14.5 Å². The zero-order valence-electron chi connectivity index (χ0n) is 18.8. The minimum Gasteiger partial charge on any atom is -0.364 e. The zero-order valence-corrected chi connectivity index (χ0v) is 18.8. The number of nitrogens with zero attached hydrogens (tertiary/aromatic N) is 7. The molecule has 4 aromatic rings. The number of alkyl halides is 2. The maximum atomic E-state index is 13.0. The highest BCUT2D eigenvalue weighted by Crippen LogP contribution is 2.30. The van der Waals surface area contributed by atoms with E-state index in [0.29, 0.717) is 35.3 Å². The largest absolute Gasteiger partial charge is 0.364 e. The Hall–Kier alpha value is -3.43. The van der Waals surface area contributed by atoms with Crippen molar-refractivity contribution in [2.45, 2.75) is 65.1 Å². The summed E-state index contributed by atoms with van der Waals surface area (Å²) in [5, 5.41) is 12.3. The van der Waals surface area contributed by atoms with Crippen LogP contribution in [0.4, 0.5) is 14.6 Å². The first kappa shape index (κ1) is 21.4. The smallest absolute Gasteiger partial charge is 0.263 e. The molecule has 0 aliphatic carbocycles. The second-order valence-corrected chi connectivity index (χ2v) is 8.62. The van der Waals surface area contributed by atoms with Gasteiger partial charge >= 0.3 is 0 Å². The van der Waals surface area contributed by atoms with Crippen molar-refractivity contribution in [3.8, 4) is 11.4 Å². The van der Waals surface area contributed by atoms with Gasteiger partial charge in [-0.15, -0.1) is 10.2 Å². The summed E-state index contributed by atoms with van der Waals surface area (Å²) in [6, 6.07) is 6.39. The Morgan fingerprint density at radius 1 is 1.12 bits per heavy atom. The van der Waals surface area contributed by atoms with Gasteiger partial charge in [0, 0.05) is 42.6 Å². The number of aromatic nitrogens is 7. The standard InChI is InChI=1S/C23H26F2N8/c1-4-32-22(15-7-5-14(6-8-15)19(24)25)29-18-20(26-12-27-23(18)32)28-16-9-10-17-30-31-21(13(2)3)33(17)11-16/h5-8,12-13,16,19H,4,9-11H2,1-3H3,(H,26,27,28). The van der Waals surface area contributed by atoms with E-state index < -0.39 is 6.43 Å². The lowest BCUT2D eigenvalue weighted by atomic mass is 10.1. The van der Waals surface area contributed by atoms with Crippen molar-refractivity contribution in [3.05, 3.63) is 47.8 Å². The van der Waals surface area contributed by atoms with E-state index in [1.165, 1.54) is 18.5 Å².